The van der Waals surface area contributed by atoms with Crippen molar-refractivity contribution in [1.82, 2.24) is 0 Å². The molecule has 0 amide bonds. The lowest BCUT2D eigenvalue weighted by molar-refractivity contribution is 0.172. The Balaban J connectivity index is 1.83. The molecule has 0 bridgehead atoms. The molecule has 0 fully saturated rings. The molecule has 2 aromatic carbocycles. The van der Waals surface area contributed by atoms with Gasteiger partial charge in [0.05, 0.1) is 7.11 Å². The highest BCUT2D eigenvalue weighted by molar-refractivity contribution is 5.86. The molecular weight excluding hydrogens is 324 g/mol. The summed E-state index contributed by atoms with van der Waals surface area (Å²) in [4.78, 5) is 0. The highest BCUT2D eigenvalue weighted by Gasteiger charge is 2.29. The van der Waals surface area contributed by atoms with Crippen molar-refractivity contribution >= 4 is 0 Å². The summed E-state index contributed by atoms with van der Waals surface area (Å²) in [6.07, 6.45) is 9.59. The molecule has 0 saturated heterocycles. The standard InChI is InChI=1S/C23H26O3/c1-24-19-11-10-15-6-2-4-8-17(15)21(19)22-18-9-5-3-7-16(18)14-20-23(22)26-13-12-25-20/h10-11,14H,2-9,12-13H2,1H3. The van der Waals surface area contributed by atoms with Gasteiger partial charge in [-0.15, -0.1) is 0 Å². The summed E-state index contributed by atoms with van der Waals surface area (Å²) in [5.74, 6) is 2.83. The molecule has 2 aromatic rings. The van der Waals surface area contributed by atoms with Crippen LogP contribution in [0.3, 0.4) is 0 Å². The maximum Gasteiger partial charge on any atom is 0.169 e. The van der Waals surface area contributed by atoms with Crippen molar-refractivity contribution in [3.8, 4) is 28.4 Å². The zero-order chi connectivity index (χ0) is 17.5. The van der Waals surface area contributed by atoms with Crippen LogP contribution in [0.15, 0.2) is 18.2 Å². The fourth-order valence-corrected chi connectivity index (χ4v) is 4.92. The van der Waals surface area contributed by atoms with E-state index in [0.29, 0.717) is 13.2 Å². The predicted molar refractivity (Wildman–Crippen MR) is 103 cm³/mol. The summed E-state index contributed by atoms with van der Waals surface area (Å²) in [5.41, 5.74) is 8.36. The van der Waals surface area contributed by atoms with Crippen molar-refractivity contribution < 1.29 is 14.2 Å². The monoisotopic (exact) mass is 350 g/mol. The van der Waals surface area contributed by atoms with Crippen LogP contribution in [0.2, 0.25) is 0 Å². The van der Waals surface area contributed by atoms with Gasteiger partial charge in [0.15, 0.2) is 11.5 Å². The molecule has 0 aromatic heterocycles. The van der Waals surface area contributed by atoms with Crippen LogP contribution in [0.4, 0.5) is 0 Å². The van der Waals surface area contributed by atoms with Crippen LogP contribution in [0.25, 0.3) is 11.1 Å². The first-order valence-electron chi connectivity index (χ1n) is 10.0. The quantitative estimate of drug-likeness (QED) is 0.772. The molecule has 0 atom stereocenters. The molecule has 2 aliphatic carbocycles. The molecule has 1 aliphatic heterocycles. The molecule has 0 N–H and O–H groups in total. The average Bonchev–Trinajstić information content (AvgIpc) is 2.71. The van der Waals surface area contributed by atoms with Gasteiger partial charge in [0.25, 0.3) is 0 Å². The van der Waals surface area contributed by atoms with Crippen molar-refractivity contribution in [2.24, 2.45) is 0 Å². The normalized spacial score (nSPS) is 18.0. The minimum atomic E-state index is 0.621. The van der Waals surface area contributed by atoms with Crippen LogP contribution < -0.4 is 14.2 Å². The lowest BCUT2D eigenvalue weighted by atomic mass is 9.80. The largest absolute Gasteiger partial charge is 0.496 e. The minimum absolute atomic E-state index is 0.621. The number of rotatable bonds is 2. The van der Waals surface area contributed by atoms with E-state index in [9.17, 15) is 0 Å². The number of aryl methyl sites for hydroxylation is 2. The van der Waals surface area contributed by atoms with Crippen molar-refractivity contribution in [1.29, 1.82) is 0 Å². The maximum absolute atomic E-state index is 6.19. The highest BCUT2D eigenvalue weighted by Crippen LogP contribution is 2.51. The van der Waals surface area contributed by atoms with Gasteiger partial charge >= 0.3 is 0 Å². The number of hydrogen-bond acceptors (Lipinski definition) is 3. The van der Waals surface area contributed by atoms with E-state index in [1.54, 1.807) is 7.11 Å². The molecule has 1 heterocycles. The van der Waals surface area contributed by atoms with Gasteiger partial charge in [-0.2, -0.15) is 0 Å². The third kappa shape index (κ3) is 2.48. The lowest BCUT2D eigenvalue weighted by Crippen LogP contribution is -2.19. The van der Waals surface area contributed by atoms with Gasteiger partial charge in [0.2, 0.25) is 0 Å². The van der Waals surface area contributed by atoms with Gasteiger partial charge in [0, 0.05) is 11.1 Å². The Morgan fingerprint density at radius 1 is 0.769 bits per heavy atom. The summed E-state index contributed by atoms with van der Waals surface area (Å²) in [5, 5.41) is 0. The van der Waals surface area contributed by atoms with E-state index in [4.69, 9.17) is 14.2 Å². The second kappa shape index (κ2) is 6.53. The first-order chi connectivity index (χ1) is 12.9. The first kappa shape index (κ1) is 16.0. The van der Waals surface area contributed by atoms with Crippen LogP contribution in [0.5, 0.6) is 17.2 Å². The van der Waals surface area contributed by atoms with E-state index in [0.717, 1.165) is 36.5 Å². The van der Waals surface area contributed by atoms with Crippen molar-refractivity contribution in [2.45, 2.75) is 51.4 Å². The van der Waals surface area contributed by atoms with Gasteiger partial charge in [-0.3, -0.25) is 0 Å². The fraction of sp³-hybridized carbons (Fsp3) is 0.478. The van der Waals surface area contributed by atoms with Crippen molar-refractivity contribution in [3.05, 3.63) is 40.5 Å². The molecule has 3 aliphatic rings. The molecule has 0 saturated carbocycles. The van der Waals surface area contributed by atoms with Crippen molar-refractivity contribution in [3.63, 3.8) is 0 Å². The number of ether oxygens (including phenoxy) is 3. The highest BCUT2D eigenvalue weighted by atomic mass is 16.6. The summed E-state index contributed by atoms with van der Waals surface area (Å²) < 4.78 is 18.0. The Labute approximate surface area is 155 Å². The molecule has 3 nitrogen and oxygen atoms in total. The van der Waals surface area contributed by atoms with E-state index >= 15 is 0 Å². The van der Waals surface area contributed by atoms with Crippen molar-refractivity contribution in [2.75, 3.05) is 20.3 Å². The van der Waals surface area contributed by atoms with Gasteiger partial charge in [-0.25, -0.2) is 0 Å². The molecule has 26 heavy (non-hydrogen) atoms. The maximum atomic E-state index is 6.19. The Morgan fingerprint density at radius 3 is 2.27 bits per heavy atom. The van der Waals surface area contributed by atoms with Gasteiger partial charge in [-0.05, 0) is 85.8 Å². The zero-order valence-electron chi connectivity index (χ0n) is 15.5. The lowest BCUT2D eigenvalue weighted by Gasteiger charge is -2.30. The minimum Gasteiger partial charge on any atom is -0.496 e. The van der Waals surface area contributed by atoms with Gasteiger partial charge in [0.1, 0.15) is 19.0 Å². The molecule has 0 radical (unpaired) electrons. The van der Waals surface area contributed by atoms with Crippen LogP contribution in [-0.2, 0) is 25.7 Å². The molecule has 5 rings (SSSR count). The Hall–Kier alpha value is -2.16. The second-order valence-corrected chi connectivity index (χ2v) is 7.61. The molecule has 136 valence electrons. The molecular formula is C23H26O3. The van der Waals surface area contributed by atoms with Crippen LogP contribution >= 0.6 is 0 Å². The first-order valence-corrected chi connectivity index (χ1v) is 10.0. The smallest absolute Gasteiger partial charge is 0.169 e. The van der Waals surface area contributed by atoms with Crippen LogP contribution in [-0.4, -0.2) is 20.3 Å². The van der Waals surface area contributed by atoms with E-state index in [1.807, 2.05) is 0 Å². The van der Waals surface area contributed by atoms with E-state index < -0.39 is 0 Å². The number of benzene rings is 2. The zero-order valence-corrected chi connectivity index (χ0v) is 15.5. The van der Waals surface area contributed by atoms with E-state index in [1.165, 1.54) is 65.5 Å². The average molecular weight is 350 g/mol. The fourth-order valence-electron chi connectivity index (χ4n) is 4.92. The van der Waals surface area contributed by atoms with Gasteiger partial charge < -0.3 is 14.2 Å². The summed E-state index contributed by atoms with van der Waals surface area (Å²) >= 11 is 0. The molecule has 0 spiro atoms. The second-order valence-electron chi connectivity index (χ2n) is 7.61. The van der Waals surface area contributed by atoms with Crippen LogP contribution in [0, 0.1) is 0 Å². The number of fused-ring (bicyclic) bond motifs is 3. The Kier molecular flexibility index (Phi) is 4.03. The number of methoxy groups -OCH3 is 1. The third-order valence-corrected chi connectivity index (χ3v) is 6.12. The topological polar surface area (TPSA) is 27.7 Å². The summed E-state index contributed by atoms with van der Waals surface area (Å²) in [6, 6.07) is 6.64. The van der Waals surface area contributed by atoms with E-state index in [-0.39, 0.29) is 0 Å². The number of hydrogen-bond donors (Lipinski definition) is 0. The molecule has 0 unspecified atom stereocenters. The Bertz CT molecular complexity index is 819. The predicted octanol–water partition coefficient (Wildman–Crippen LogP) is 4.89. The third-order valence-electron chi connectivity index (χ3n) is 6.12. The SMILES string of the molecule is COc1ccc2c(c1-c1c3c(cc4c1OCCO4)CCCC3)CCCC2. The Morgan fingerprint density at radius 2 is 1.46 bits per heavy atom. The summed E-state index contributed by atoms with van der Waals surface area (Å²) in [7, 11) is 1.78. The van der Waals surface area contributed by atoms with Crippen LogP contribution in [0.1, 0.15) is 47.9 Å². The molecule has 3 heteroatoms. The summed E-state index contributed by atoms with van der Waals surface area (Å²) in [6.45, 7) is 1.26. The van der Waals surface area contributed by atoms with E-state index in [2.05, 4.69) is 18.2 Å². The van der Waals surface area contributed by atoms with Gasteiger partial charge in [-0.1, -0.05) is 6.07 Å².